The second kappa shape index (κ2) is 8.40. The number of aliphatic imine (C=N–C) groups is 1. The van der Waals surface area contributed by atoms with E-state index in [-0.39, 0.29) is 0 Å². The average molecular weight is 263 g/mol. The Kier molecular flexibility index (Phi) is 6.79. The van der Waals surface area contributed by atoms with Gasteiger partial charge < -0.3 is 15.4 Å². The van der Waals surface area contributed by atoms with Gasteiger partial charge in [-0.2, -0.15) is 0 Å². The third-order valence-corrected chi connectivity index (χ3v) is 3.01. The predicted octanol–water partition coefficient (Wildman–Crippen LogP) is 2.28. The molecule has 2 N–H and O–H groups in total. The molecule has 1 aromatic carbocycles. The molecule has 0 radical (unpaired) electrons. The summed E-state index contributed by atoms with van der Waals surface area (Å²) >= 11 is 0. The van der Waals surface area contributed by atoms with Crippen LogP contribution >= 0.6 is 0 Å². The summed E-state index contributed by atoms with van der Waals surface area (Å²) in [4.78, 5) is 6.48. The van der Waals surface area contributed by atoms with Crippen molar-refractivity contribution in [2.24, 2.45) is 10.7 Å². The summed E-state index contributed by atoms with van der Waals surface area (Å²) < 4.78 is 5.59. The summed E-state index contributed by atoms with van der Waals surface area (Å²) in [5.41, 5.74) is 7.13. The van der Waals surface area contributed by atoms with E-state index in [1.54, 1.807) is 0 Å². The molecule has 0 unspecified atom stereocenters. The average Bonchev–Trinajstić information content (AvgIpc) is 2.42. The highest BCUT2D eigenvalue weighted by atomic mass is 16.5. The normalized spacial score (nSPS) is 11.4. The quantitative estimate of drug-likeness (QED) is 0.606. The van der Waals surface area contributed by atoms with Gasteiger partial charge >= 0.3 is 0 Å². The molecule has 0 saturated heterocycles. The molecule has 0 atom stereocenters. The molecule has 0 spiro atoms. The van der Waals surface area contributed by atoms with E-state index in [1.807, 2.05) is 25.1 Å². The second-order valence-corrected chi connectivity index (χ2v) is 4.20. The van der Waals surface area contributed by atoms with Crippen LogP contribution in [0.15, 0.2) is 29.3 Å². The SMILES string of the molecule is CCOc1ccccc1CCN=C(N)N(CC)CC. The largest absolute Gasteiger partial charge is 0.494 e. The molecule has 0 fully saturated rings. The van der Waals surface area contributed by atoms with Gasteiger partial charge in [0.05, 0.1) is 6.61 Å². The third-order valence-electron chi connectivity index (χ3n) is 3.01. The summed E-state index contributed by atoms with van der Waals surface area (Å²) in [6.07, 6.45) is 0.845. The van der Waals surface area contributed by atoms with Crippen LogP contribution in [0, 0.1) is 0 Å². The van der Waals surface area contributed by atoms with Crippen molar-refractivity contribution in [2.45, 2.75) is 27.2 Å². The minimum absolute atomic E-state index is 0.624. The van der Waals surface area contributed by atoms with Crippen LogP contribution in [0.3, 0.4) is 0 Å². The van der Waals surface area contributed by atoms with E-state index >= 15 is 0 Å². The van der Waals surface area contributed by atoms with E-state index in [1.165, 1.54) is 5.56 Å². The van der Waals surface area contributed by atoms with Crippen molar-refractivity contribution >= 4 is 5.96 Å². The van der Waals surface area contributed by atoms with Gasteiger partial charge in [-0.15, -0.1) is 0 Å². The summed E-state index contributed by atoms with van der Waals surface area (Å²) in [7, 11) is 0. The molecule has 0 heterocycles. The Morgan fingerprint density at radius 2 is 1.89 bits per heavy atom. The lowest BCUT2D eigenvalue weighted by Crippen LogP contribution is -2.37. The van der Waals surface area contributed by atoms with Gasteiger partial charge in [0, 0.05) is 19.6 Å². The van der Waals surface area contributed by atoms with Gasteiger partial charge in [-0.25, -0.2) is 0 Å². The zero-order valence-corrected chi connectivity index (χ0v) is 12.2. The first-order valence-electron chi connectivity index (χ1n) is 6.98. The van der Waals surface area contributed by atoms with Crippen molar-refractivity contribution in [3.63, 3.8) is 0 Å². The number of ether oxygens (including phenoxy) is 1. The van der Waals surface area contributed by atoms with E-state index in [4.69, 9.17) is 10.5 Å². The number of hydrogen-bond donors (Lipinski definition) is 1. The first-order chi connectivity index (χ1) is 9.22. The zero-order valence-electron chi connectivity index (χ0n) is 12.2. The van der Waals surface area contributed by atoms with Crippen LogP contribution in [-0.4, -0.2) is 37.1 Å². The van der Waals surface area contributed by atoms with Crippen molar-refractivity contribution < 1.29 is 4.74 Å². The Morgan fingerprint density at radius 1 is 1.21 bits per heavy atom. The maximum absolute atomic E-state index is 5.94. The number of nitrogens with zero attached hydrogens (tertiary/aromatic N) is 2. The van der Waals surface area contributed by atoms with Crippen molar-refractivity contribution in [2.75, 3.05) is 26.2 Å². The van der Waals surface area contributed by atoms with Gasteiger partial charge in [0.1, 0.15) is 5.75 Å². The third kappa shape index (κ3) is 4.81. The second-order valence-electron chi connectivity index (χ2n) is 4.20. The molecular weight excluding hydrogens is 238 g/mol. The van der Waals surface area contributed by atoms with Crippen LogP contribution in [0.1, 0.15) is 26.3 Å². The number of para-hydroxylation sites is 1. The molecule has 1 aromatic rings. The Hall–Kier alpha value is -1.71. The Labute approximate surface area is 116 Å². The van der Waals surface area contributed by atoms with E-state index in [2.05, 4.69) is 29.8 Å². The first-order valence-corrected chi connectivity index (χ1v) is 6.98. The molecule has 4 heteroatoms. The van der Waals surface area contributed by atoms with E-state index < -0.39 is 0 Å². The molecule has 0 amide bonds. The number of hydrogen-bond acceptors (Lipinski definition) is 2. The van der Waals surface area contributed by atoms with Gasteiger partial charge in [-0.05, 0) is 38.8 Å². The van der Waals surface area contributed by atoms with Crippen molar-refractivity contribution in [1.82, 2.24) is 4.90 Å². The first kappa shape index (κ1) is 15.3. The maximum Gasteiger partial charge on any atom is 0.191 e. The molecule has 106 valence electrons. The smallest absolute Gasteiger partial charge is 0.191 e. The minimum Gasteiger partial charge on any atom is -0.494 e. The minimum atomic E-state index is 0.624. The van der Waals surface area contributed by atoms with Crippen molar-refractivity contribution in [3.05, 3.63) is 29.8 Å². The van der Waals surface area contributed by atoms with Gasteiger partial charge in [-0.1, -0.05) is 18.2 Å². The lowest BCUT2D eigenvalue weighted by Gasteiger charge is -2.19. The van der Waals surface area contributed by atoms with Crippen LogP contribution in [-0.2, 0) is 6.42 Å². The van der Waals surface area contributed by atoms with Crippen LogP contribution in [0.4, 0.5) is 0 Å². The highest BCUT2D eigenvalue weighted by molar-refractivity contribution is 5.78. The molecule has 0 aliphatic rings. The monoisotopic (exact) mass is 263 g/mol. The lowest BCUT2D eigenvalue weighted by atomic mass is 10.1. The fourth-order valence-corrected chi connectivity index (χ4v) is 1.95. The Balaban J connectivity index is 2.59. The van der Waals surface area contributed by atoms with Crippen LogP contribution in [0.5, 0.6) is 5.75 Å². The molecule has 4 nitrogen and oxygen atoms in total. The standard InChI is InChI=1S/C15H25N3O/c1-4-18(5-2)15(16)17-12-11-13-9-7-8-10-14(13)19-6-3/h7-10H,4-6,11-12H2,1-3H3,(H2,16,17). The highest BCUT2D eigenvalue weighted by Gasteiger charge is 2.04. The van der Waals surface area contributed by atoms with Crippen LogP contribution in [0.2, 0.25) is 0 Å². The molecule has 0 bridgehead atoms. The Morgan fingerprint density at radius 3 is 2.53 bits per heavy atom. The van der Waals surface area contributed by atoms with Crippen LogP contribution < -0.4 is 10.5 Å². The van der Waals surface area contributed by atoms with Gasteiger partial charge in [0.2, 0.25) is 0 Å². The van der Waals surface area contributed by atoms with Crippen LogP contribution in [0.25, 0.3) is 0 Å². The summed E-state index contributed by atoms with van der Waals surface area (Å²) in [6, 6.07) is 8.09. The van der Waals surface area contributed by atoms with E-state index in [0.29, 0.717) is 19.1 Å². The van der Waals surface area contributed by atoms with E-state index in [0.717, 1.165) is 25.3 Å². The highest BCUT2D eigenvalue weighted by Crippen LogP contribution is 2.18. The molecule has 0 saturated carbocycles. The predicted molar refractivity (Wildman–Crippen MR) is 80.7 cm³/mol. The molecule has 0 aliphatic carbocycles. The summed E-state index contributed by atoms with van der Waals surface area (Å²) in [6.45, 7) is 9.30. The maximum atomic E-state index is 5.94. The lowest BCUT2D eigenvalue weighted by molar-refractivity contribution is 0.336. The molecule has 0 aromatic heterocycles. The number of nitrogens with two attached hydrogens (primary N) is 1. The molecule has 1 rings (SSSR count). The summed E-state index contributed by atoms with van der Waals surface area (Å²) in [5.74, 6) is 1.57. The molecule has 0 aliphatic heterocycles. The number of benzene rings is 1. The van der Waals surface area contributed by atoms with Crippen molar-refractivity contribution in [1.29, 1.82) is 0 Å². The van der Waals surface area contributed by atoms with Gasteiger partial charge in [0.15, 0.2) is 5.96 Å². The van der Waals surface area contributed by atoms with E-state index in [9.17, 15) is 0 Å². The van der Waals surface area contributed by atoms with Crippen molar-refractivity contribution in [3.8, 4) is 5.75 Å². The Bertz CT molecular complexity index is 400. The van der Waals surface area contributed by atoms with Gasteiger partial charge in [-0.3, -0.25) is 4.99 Å². The zero-order chi connectivity index (χ0) is 14.1. The topological polar surface area (TPSA) is 50.9 Å². The molecule has 19 heavy (non-hydrogen) atoms. The summed E-state index contributed by atoms with van der Waals surface area (Å²) in [5, 5.41) is 0. The fourth-order valence-electron chi connectivity index (χ4n) is 1.95. The molecular formula is C15H25N3O. The number of guanidine groups is 1. The van der Waals surface area contributed by atoms with Gasteiger partial charge in [0.25, 0.3) is 0 Å². The fraction of sp³-hybridized carbons (Fsp3) is 0.533. The number of rotatable bonds is 7.